The van der Waals surface area contributed by atoms with Gasteiger partial charge in [-0.3, -0.25) is 9.59 Å². The van der Waals surface area contributed by atoms with Gasteiger partial charge in [-0.15, -0.1) is 0 Å². The zero-order valence-electron chi connectivity index (χ0n) is 12.8. The fraction of sp³-hybridized carbons (Fsp3) is 0.176. The molecule has 0 bridgehead atoms. The molecule has 0 spiro atoms. The van der Waals surface area contributed by atoms with Gasteiger partial charge in [-0.2, -0.15) is 0 Å². The Morgan fingerprint density at radius 1 is 1.25 bits per heavy atom. The maximum Gasteiger partial charge on any atom is 0.247 e. The molecule has 1 aromatic heterocycles. The van der Waals surface area contributed by atoms with Crippen LogP contribution < -0.4 is 10.0 Å². The molecule has 0 aliphatic carbocycles. The topological polar surface area (TPSA) is 90.4 Å². The van der Waals surface area contributed by atoms with Crippen LogP contribution in [-0.2, 0) is 9.59 Å². The van der Waals surface area contributed by atoms with Gasteiger partial charge >= 0.3 is 0 Å². The number of carbonyl (C=O) groups excluding carboxylic acids is 3. The van der Waals surface area contributed by atoms with Crippen LogP contribution in [0.25, 0.3) is 0 Å². The van der Waals surface area contributed by atoms with E-state index in [1.165, 1.54) is 18.3 Å². The van der Waals surface area contributed by atoms with Gasteiger partial charge in [0.25, 0.3) is 0 Å². The first kappa shape index (κ1) is 16.2. The van der Waals surface area contributed by atoms with E-state index in [9.17, 15) is 19.5 Å². The van der Waals surface area contributed by atoms with Crippen LogP contribution in [0.1, 0.15) is 22.3 Å². The van der Waals surface area contributed by atoms with E-state index in [2.05, 4.69) is 4.98 Å². The van der Waals surface area contributed by atoms with Crippen LogP contribution in [0.5, 0.6) is 0 Å². The van der Waals surface area contributed by atoms with E-state index in [1.807, 2.05) is 19.1 Å². The van der Waals surface area contributed by atoms with Crippen LogP contribution in [0, 0.1) is 6.92 Å². The molecule has 2 aromatic rings. The number of aromatic carboxylic acids is 1. The average molecular weight is 341 g/mol. The second-order valence-corrected chi connectivity index (χ2v) is 6.55. The summed E-state index contributed by atoms with van der Waals surface area (Å²) in [6, 6.07) is 9.92. The Morgan fingerprint density at radius 2 is 1.96 bits per heavy atom. The van der Waals surface area contributed by atoms with Gasteiger partial charge in [0.2, 0.25) is 11.8 Å². The second-order valence-electron chi connectivity index (χ2n) is 5.36. The smallest absolute Gasteiger partial charge is 0.247 e. The number of aromatic nitrogens is 1. The first-order valence-corrected chi connectivity index (χ1v) is 8.12. The summed E-state index contributed by atoms with van der Waals surface area (Å²) in [4.78, 5) is 41.1. The predicted octanol–water partition coefficient (Wildman–Crippen LogP) is 1.18. The molecule has 7 heteroatoms. The van der Waals surface area contributed by atoms with Crippen LogP contribution in [0.2, 0.25) is 0 Å². The third-order valence-electron chi connectivity index (χ3n) is 3.64. The Bertz CT molecular complexity index is 820. The molecule has 0 unspecified atom stereocenters. The number of nitrogens with zero attached hydrogens (tertiary/aromatic N) is 2. The number of carboxylic acids is 1. The zero-order valence-corrected chi connectivity index (χ0v) is 13.6. The van der Waals surface area contributed by atoms with Gasteiger partial charge in [0, 0.05) is 18.2 Å². The van der Waals surface area contributed by atoms with Crippen molar-refractivity contribution in [3.63, 3.8) is 0 Å². The third-order valence-corrected chi connectivity index (χ3v) is 4.84. The van der Waals surface area contributed by atoms with Gasteiger partial charge in [0.15, 0.2) is 0 Å². The number of amides is 2. The largest absolute Gasteiger partial charge is 0.545 e. The number of hydrogen-bond acceptors (Lipinski definition) is 6. The molecule has 3 rings (SSSR count). The molecular weight excluding hydrogens is 328 g/mol. The second kappa shape index (κ2) is 6.45. The van der Waals surface area contributed by atoms with E-state index in [0.29, 0.717) is 5.69 Å². The summed E-state index contributed by atoms with van der Waals surface area (Å²) in [5.74, 6) is -2.05. The van der Waals surface area contributed by atoms with Crippen molar-refractivity contribution in [2.45, 2.75) is 23.6 Å². The Morgan fingerprint density at radius 3 is 2.62 bits per heavy atom. The lowest BCUT2D eigenvalue weighted by atomic mass is 10.2. The summed E-state index contributed by atoms with van der Waals surface area (Å²) in [5, 5.41) is 10.6. The van der Waals surface area contributed by atoms with Crippen molar-refractivity contribution in [2.75, 3.05) is 4.90 Å². The van der Waals surface area contributed by atoms with Crippen molar-refractivity contribution < 1.29 is 19.5 Å². The maximum absolute atomic E-state index is 12.6. The van der Waals surface area contributed by atoms with Crippen LogP contribution >= 0.6 is 11.8 Å². The highest BCUT2D eigenvalue weighted by Gasteiger charge is 2.40. The van der Waals surface area contributed by atoms with E-state index in [0.717, 1.165) is 22.2 Å². The first-order valence-electron chi connectivity index (χ1n) is 7.24. The molecule has 6 nitrogen and oxygen atoms in total. The highest BCUT2D eigenvalue weighted by molar-refractivity contribution is 8.00. The minimum atomic E-state index is -1.36. The van der Waals surface area contributed by atoms with Crippen molar-refractivity contribution in [3.8, 4) is 0 Å². The number of carboxylic acid groups (broad SMARTS) is 1. The van der Waals surface area contributed by atoms with Gasteiger partial charge in [-0.1, -0.05) is 29.5 Å². The van der Waals surface area contributed by atoms with E-state index >= 15 is 0 Å². The Balaban J connectivity index is 1.85. The molecule has 122 valence electrons. The average Bonchev–Trinajstić information content (AvgIpc) is 2.83. The van der Waals surface area contributed by atoms with Crippen molar-refractivity contribution >= 4 is 35.2 Å². The summed E-state index contributed by atoms with van der Waals surface area (Å²) in [5.41, 5.74) is 1.45. The number of rotatable bonds is 4. The highest BCUT2D eigenvalue weighted by atomic mass is 32.2. The molecule has 1 fully saturated rings. The van der Waals surface area contributed by atoms with E-state index in [4.69, 9.17) is 0 Å². The van der Waals surface area contributed by atoms with E-state index in [1.54, 1.807) is 12.1 Å². The van der Waals surface area contributed by atoms with Crippen molar-refractivity contribution in [2.24, 2.45) is 0 Å². The van der Waals surface area contributed by atoms with E-state index < -0.39 is 11.2 Å². The molecule has 0 radical (unpaired) electrons. The molecule has 24 heavy (non-hydrogen) atoms. The standard InChI is InChI=1S/C17H14N2O4S/c1-10-4-6-11(7-5-10)19-14(20)9-13(16(19)21)24-15-12(17(22)23)3-2-8-18-15/h2-8,13H,9H2,1H3,(H,22,23)/p-1/t13-/m1/s1. The molecule has 1 atom stereocenters. The van der Waals surface area contributed by atoms with Crippen LogP contribution in [0.15, 0.2) is 47.6 Å². The molecular formula is C17H13N2O4S-. The van der Waals surface area contributed by atoms with Gasteiger partial charge in [-0.05, 0) is 31.2 Å². The summed E-state index contributed by atoms with van der Waals surface area (Å²) in [6.45, 7) is 1.92. The summed E-state index contributed by atoms with van der Waals surface area (Å²) in [6.07, 6.45) is 1.44. The summed E-state index contributed by atoms with van der Waals surface area (Å²) < 4.78 is 0. The molecule has 0 N–H and O–H groups in total. The molecule has 1 aromatic carbocycles. The first-order chi connectivity index (χ1) is 11.5. The van der Waals surface area contributed by atoms with Crippen LogP contribution in [0.3, 0.4) is 0 Å². The molecule has 1 saturated heterocycles. The molecule has 1 aliphatic rings. The Hall–Kier alpha value is -2.67. The minimum Gasteiger partial charge on any atom is -0.545 e. The number of pyridine rings is 1. The Kier molecular flexibility index (Phi) is 4.35. The minimum absolute atomic E-state index is 0.000435. The lowest BCUT2D eigenvalue weighted by Crippen LogP contribution is -2.31. The van der Waals surface area contributed by atoms with Crippen LogP contribution in [-0.4, -0.2) is 28.0 Å². The molecule has 2 heterocycles. The molecule has 2 amide bonds. The fourth-order valence-electron chi connectivity index (χ4n) is 2.44. The monoisotopic (exact) mass is 341 g/mol. The van der Waals surface area contributed by atoms with E-state index in [-0.39, 0.29) is 28.8 Å². The summed E-state index contributed by atoms with van der Waals surface area (Å²) >= 11 is 0.976. The number of aryl methyl sites for hydroxylation is 1. The number of imide groups is 1. The lowest BCUT2D eigenvalue weighted by molar-refractivity contribution is -0.255. The van der Waals surface area contributed by atoms with Gasteiger partial charge in [-0.25, -0.2) is 9.88 Å². The fourth-order valence-corrected chi connectivity index (χ4v) is 3.54. The number of carbonyl (C=O) groups is 3. The Labute approximate surface area is 142 Å². The number of thioether (sulfide) groups is 1. The lowest BCUT2D eigenvalue weighted by Gasteiger charge is -2.15. The zero-order chi connectivity index (χ0) is 17.3. The van der Waals surface area contributed by atoms with Crippen LogP contribution in [0.4, 0.5) is 5.69 Å². The number of anilines is 1. The van der Waals surface area contributed by atoms with Gasteiger partial charge in [0.05, 0.1) is 16.9 Å². The quantitative estimate of drug-likeness (QED) is 0.776. The molecule has 0 saturated carbocycles. The van der Waals surface area contributed by atoms with Gasteiger partial charge < -0.3 is 9.90 Å². The van der Waals surface area contributed by atoms with Crippen molar-refractivity contribution in [1.82, 2.24) is 4.98 Å². The highest BCUT2D eigenvalue weighted by Crippen LogP contribution is 2.34. The number of hydrogen-bond donors (Lipinski definition) is 0. The SMILES string of the molecule is Cc1ccc(N2C(=O)C[C@@H](Sc3ncccc3C(=O)[O-])C2=O)cc1. The van der Waals surface area contributed by atoms with Crippen molar-refractivity contribution in [1.29, 1.82) is 0 Å². The van der Waals surface area contributed by atoms with Gasteiger partial charge in [0.1, 0.15) is 5.03 Å². The molecule has 1 aliphatic heterocycles. The number of benzene rings is 1. The maximum atomic E-state index is 12.6. The third kappa shape index (κ3) is 3.03. The normalized spacial score (nSPS) is 17.4. The van der Waals surface area contributed by atoms with Crippen molar-refractivity contribution in [3.05, 3.63) is 53.7 Å². The summed E-state index contributed by atoms with van der Waals surface area (Å²) in [7, 11) is 0. The predicted molar refractivity (Wildman–Crippen MR) is 86.5 cm³/mol.